The van der Waals surface area contributed by atoms with Crippen LogP contribution in [0.3, 0.4) is 0 Å². The summed E-state index contributed by atoms with van der Waals surface area (Å²) in [5, 5.41) is 0. The SMILES string of the molecule is CCCC1(CCC)c2ccccc2-c2ccc(-c3ccc4c(c3)C(CC(C)CC)(CC(C)CC)c3cc(-c5ccc6c(c5)C(CCC)(CCC)c5ccccc5-6)ccc3-4)cc21. The molecule has 2 unspecified atom stereocenters. The average Bonchev–Trinajstić information content (AvgIpc) is 3.82. The highest BCUT2D eigenvalue weighted by Crippen LogP contribution is 2.59. The van der Waals surface area contributed by atoms with Crippen LogP contribution >= 0.6 is 0 Å². The highest BCUT2D eigenvalue weighted by atomic mass is 14.5. The fourth-order valence-electron chi connectivity index (χ4n) is 13.2. The summed E-state index contributed by atoms with van der Waals surface area (Å²) >= 11 is 0. The predicted molar refractivity (Wildman–Crippen MR) is 264 cm³/mol. The molecule has 0 N–H and O–H groups in total. The lowest BCUT2D eigenvalue weighted by Crippen LogP contribution is -2.30. The van der Waals surface area contributed by atoms with Gasteiger partial charge in [-0.2, -0.15) is 0 Å². The largest absolute Gasteiger partial charge is 0.0653 e. The van der Waals surface area contributed by atoms with Gasteiger partial charge < -0.3 is 0 Å². The first-order valence-electron chi connectivity index (χ1n) is 24.5. The molecule has 2 atom stereocenters. The summed E-state index contributed by atoms with van der Waals surface area (Å²) in [5.74, 6) is 1.22. The Bertz CT molecular complexity index is 2370. The van der Waals surface area contributed by atoms with E-state index in [0.717, 1.165) is 0 Å². The molecule has 0 heteroatoms. The Hall–Kier alpha value is -4.68. The number of rotatable bonds is 16. The molecule has 0 nitrogen and oxygen atoms in total. The third kappa shape index (κ3) is 6.52. The summed E-state index contributed by atoms with van der Waals surface area (Å²) in [5.41, 5.74) is 23.6. The molecule has 0 saturated carbocycles. The number of hydrogen-bond acceptors (Lipinski definition) is 0. The Labute approximate surface area is 369 Å². The van der Waals surface area contributed by atoms with Crippen molar-refractivity contribution in [3.63, 3.8) is 0 Å². The molecule has 0 amide bonds. The van der Waals surface area contributed by atoms with E-state index in [0.29, 0.717) is 11.8 Å². The van der Waals surface area contributed by atoms with Crippen molar-refractivity contribution in [3.05, 3.63) is 155 Å². The van der Waals surface area contributed by atoms with Gasteiger partial charge in [-0.25, -0.2) is 0 Å². The maximum Gasteiger partial charge on any atom is 0.0220 e. The molecule has 0 spiro atoms. The van der Waals surface area contributed by atoms with Crippen LogP contribution in [0.4, 0.5) is 0 Å². The van der Waals surface area contributed by atoms with E-state index < -0.39 is 0 Å². The summed E-state index contributed by atoms with van der Waals surface area (Å²) < 4.78 is 0. The van der Waals surface area contributed by atoms with E-state index in [4.69, 9.17) is 0 Å². The van der Waals surface area contributed by atoms with Crippen LogP contribution < -0.4 is 0 Å². The van der Waals surface area contributed by atoms with Gasteiger partial charge in [-0.1, -0.05) is 191 Å². The maximum absolute atomic E-state index is 2.65. The number of benzene rings is 6. The van der Waals surface area contributed by atoms with Crippen molar-refractivity contribution < 1.29 is 0 Å². The third-order valence-corrected chi connectivity index (χ3v) is 16.1. The van der Waals surface area contributed by atoms with Gasteiger partial charge >= 0.3 is 0 Å². The van der Waals surface area contributed by atoms with Crippen LogP contribution in [0.2, 0.25) is 0 Å². The second-order valence-corrected chi connectivity index (χ2v) is 19.8. The second kappa shape index (κ2) is 16.5. The number of fused-ring (bicyclic) bond motifs is 9. The van der Waals surface area contributed by atoms with Crippen LogP contribution in [0.5, 0.6) is 0 Å². The van der Waals surface area contributed by atoms with Gasteiger partial charge in [-0.05, 0) is 164 Å². The zero-order chi connectivity index (χ0) is 42.5. The van der Waals surface area contributed by atoms with E-state index in [1.54, 1.807) is 33.4 Å². The number of hydrogen-bond donors (Lipinski definition) is 0. The van der Waals surface area contributed by atoms with Crippen molar-refractivity contribution in [1.82, 2.24) is 0 Å². The van der Waals surface area contributed by atoms with Crippen LogP contribution in [-0.2, 0) is 16.2 Å². The molecule has 0 fully saturated rings. The van der Waals surface area contributed by atoms with Gasteiger partial charge in [0.05, 0.1) is 0 Å². The molecule has 0 radical (unpaired) electrons. The van der Waals surface area contributed by atoms with Gasteiger partial charge in [0, 0.05) is 16.2 Å². The van der Waals surface area contributed by atoms with Gasteiger partial charge in [0.25, 0.3) is 0 Å². The van der Waals surface area contributed by atoms with E-state index >= 15 is 0 Å². The minimum absolute atomic E-state index is 0.0518. The van der Waals surface area contributed by atoms with Gasteiger partial charge in [-0.15, -0.1) is 0 Å². The van der Waals surface area contributed by atoms with Gasteiger partial charge in [0.2, 0.25) is 0 Å². The molecule has 0 saturated heterocycles. The lowest BCUT2D eigenvalue weighted by atomic mass is 9.66. The first-order valence-corrected chi connectivity index (χ1v) is 24.5. The molecule has 0 bridgehead atoms. The Balaban J connectivity index is 1.20. The molecule has 0 aliphatic heterocycles. The lowest BCUT2D eigenvalue weighted by Gasteiger charge is -2.37. The monoisotopic (exact) mass is 803 g/mol. The molecule has 3 aliphatic carbocycles. The quantitative estimate of drug-likeness (QED) is 0.0914. The fraction of sp³-hybridized carbons (Fsp3) is 0.410. The lowest BCUT2D eigenvalue weighted by molar-refractivity contribution is 0.308. The van der Waals surface area contributed by atoms with Crippen molar-refractivity contribution in [1.29, 1.82) is 0 Å². The molecule has 3 aliphatic rings. The first-order chi connectivity index (χ1) is 29.7. The molecule has 9 rings (SSSR count). The van der Waals surface area contributed by atoms with Crippen LogP contribution in [-0.4, -0.2) is 0 Å². The van der Waals surface area contributed by atoms with E-state index in [9.17, 15) is 0 Å². The molecule has 0 heterocycles. The van der Waals surface area contributed by atoms with E-state index in [2.05, 4.69) is 177 Å². The standard InChI is InChI=1S/C61H70/c1-9-31-59(32-10-2)53-21-17-15-19-47(53)49-27-23-43(35-55(49)59)45-25-29-51-52-30-26-46(38-58(52)61(57(51)37-45,39-41(7)13-5)40-42(8)14-6)44-24-28-50-48-20-16-18-22-54(48)60(33-11-3,34-12-4)56(50)36-44/h15-30,35-38,41-42H,9-14,31-34,39-40H2,1-8H3. The van der Waals surface area contributed by atoms with Crippen LogP contribution in [0, 0.1) is 11.8 Å². The third-order valence-electron chi connectivity index (χ3n) is 16.1. The van der Waals surface area contributed by atoms with E-state index in [1.807, 2.05) is 0 Å². The smallest absolute Gasteiger partial charge is 0.0220 e. The summed E-state index contributed by atoms with van der Waals surface area (Å²) in [6.45, 7) is 19.3. The Morgan fingerprint density at radius 1 is 0.328 bits per heavy atom. The van der Waals surface area contributed by atoms with Gasteiger partial charge in [-0.3, -0.25) is 0 Å². The molecule has 314 valence electrons. The summed E-state index contributed by atoms with van der Waals surface area (Å²) in [4.78, 5) is 0. The highest BCUT2D eigenvalue weighted by Gasteiger charge is 2.46. The highest BCUT2D eigenvalue weighted by molar-refractivity contribution is 5.89. The van der Waals surface area contributed by atoms with Crippen LogP contribution in [0.15, 0.2) is 121 Å². The molecular formula is C61H70. The fourth-order valence-corrected chi connectivity index (χ4v) is 13.2. The summed E-state index contributed by atoms with van der Waals surface area (Å²) in [6, 6.07) is 48.8. The average molecular weight is 803 g/mol. The Morgan fingerprint density at radius 3 is 0.902 bits per heavy atom. The summed E-state index contributed by atoms with van der Waals surface area (Å²) in [7, 11) is 0. The zero-order valence-corrected chi connectivity index (χ0v) is 38.7. The van der Waals surface area contributed by atoms with Crippen LogP contribution in [0.1, 0.15) is 166 Å². The molecule has 6 aromatic carbocycles. The molecule has 0 aromatic heterocycles. The molecule has 6 aromatic rings. The first kappa shape index (κ1) is 41.7. The van der Waals surface area contributed by atoms with E-state index in [-0.39, 0.29) is 16.2 Å². The van der Waals surface area contributed by atoms with Crippen LogP contribution in [0.25, 0.3) is 55.6 Å². The maximum atomic E-state index is 2.65. The molecular weight excluding hydrogens is 733 g/mol. The second-order valence-electron chi connectivity index (χ2n) is 19.8. The van der Waals surface area contributed by atoms with Crippen molar-refractivity contribution in [2.45, 2.75) is 149 Å². The predicted octanol–water partition coefficient (Wildman–Crippen LogP) is 17.9. The Kier molecular flexibility index (Phi) is 11.3. The summed E-state index contributed by atoms with van der Waals surface area (Å²) in [6.07, 6.45) is 14.2. The van der Waals surface area contributed by atoms with Crippen molar-refractivity contribution in [2.75, 3.05) is 0 Å². The topological polar surface area (TPSA) is 0 Å². The Morgan fingerprint density at radius 2 is 0.607 bits per heavy atom. The molecule has 61 heavy (non-hydrogen) atoms. The van der Waals surface area contributed by atoms with Gasteiger partial charge in [0.1, 0.15) is 0 Å². The minimum atomic E-state index is -0.0518. The minimum Gasteiger partial charge on any atom is -0.0653 e. The normalized spacial score (nSPS) is 16.6. The zero-order valence-electron chi connectivity index (χ0n) is 38.7. The van der Waals surface area contributed by atoms with Crippen molar-refractivity contribution >= 4 is 0 Å². The van der Waals surface area contributed by atoms with E-state index in [1.165, 1.54) is 133 Å². The van der Waals surface area contributed by atoms with Crippen molar-refractivity contribution in [2.24, 2.45) is 11.8 Å². The van der Waals surface area contributed by atoms with Gasteiger partial charge in [0.15, 0.2) is 0 Å². The van der Waals surface area contributed by atoms with Crippen molar-refractivity contribution in [3.8, 4) is 55.6 Å².